The molecule has 0 unspecified atom stereocenters. The molecule has 0 saturated heterocycles. The Hall–Kier alpha value is 0.643. The summed E-state index contributed by atoms with van der Waals surface area (Å²) in [7, 11) is 0. The number of hydrogen-bond acceptors (Lipinski definition) is 2. The van der Waals surface area contributed by atoms with E-state index in [9.17, 15) is 4.79 Å². The Morgan fingerprint density at radius 2 is 1.29 bits per heavy atom. The van der Waals surface area contributed by atoms with E-state index in [0.29, 0.717) is 0 Å². The summed E-state index contributed by atoms with van der Waals surface area (Å²) in [5.74, 6) is 0.167. The Morgan fingerprint density at radius 3 is 1.29 bits per heavy atom. The molecule has 0 fully saturated rings. The van der Waals surface area contributed by atoms with Crippen LogP contribution in [0.25, 0.3) is 0 Å². The van der Waals surface area contributed by atoms with Gasteiger partial charge in [-0.25, -0.2) is 0 Å². The van der Waals surface area contributed by atoms with Gasteiger partial charge in [-0.05, 0) is 13.8 Å². The second-order valence-corrected chi connectivity index (χ2v) is 0.908. The Kier molecular flexibility index (Phi) is 35.6. The molecular formula is C4H9ORuS. The van der Waals surface area contributed by atoms with E-state index in [0.717, 1.165) is 0 Å². The van der Waals surface area contributed by atoms with Crippen LogP contribution in [-0.2, 0) is 36.9 Å². The number of rotatable bonds is 0. The fraction of sp³-hybridized carbons (Fsp3) is 0.750. The summed E-state index contributed by atoms with van der Waals surface area (Å²) in [5.41, 5.74) is 0. The van der Waals surface area contributed by atoms with E-state index < -0.39 is 0 Å². The van der Waals surface area contributed by atoms with Crippen molar-refractivity contribution in [3.05, 3.63) is 0 Å². The first-order valence-electron chi connectivity index (χ1n) is 1.61. The number of Topliss-reactive ketones (excluding diaryl/α,β-unsaturated/α-hetero) is 1. The molecule has 0 aliphatic rings. The first kappa shape index (κ1) is 15.6. The van der Waals surface area contributed by atoms with E-state index in [1.54, 1.807) is 6.26 Å². The van der Waals surface area contributed by atoms with Crippen molar-refractivity contribution in [1.29, 1.82) is 0 Å². The van der Waals surface area contributed by atoms with Gasteiger partial charge >= 0.3 is 19.5 Å². The van der Waals surface area contributed by atoms with E-state index >= 15 is 0 Å². The third kappa shape index (κ3) is 346. The fourth-order valence-electron chi connectivity index (χ4n) is 0. The maximum absolute atomic E-state index is 9.44. The van der Waals surface area contributed by atoms with Crippen LogP contribution >= 0.6 is 0 Å². The molecule has 0 N–H and O–H groups in total. The number of carbonyl (C=O) groups excluding carboxylic acids is 1. The molecule has 45 valence electrons. The van der Waals surface area contributed by atoms with Gasteiger partial charge in [-0.2, -0.15) is 6.26 Å². The van der Waals surface area contributed by atoms with Crippen LogP contribution in [0, 0.1) is 0 Å². The zero-order valence-corrected chi connectivity index (χ0v) is 7.22. The second-order valence-electron chi connectivity index (χ2n) is 0.908. The molecule has 0 spiro atoms. The zero-order chi connectivity index (χ0) is 5.58. The fourth-order valence-corrected chi connectivity index (χ4v) is 0. The molecule has 0 aliphatic heterocycles. The van der Waals surface area contributed by atoms with Crippen LogP contribution in [0.4, 0.5) is 0 Å². The molecule has 0 aromatic rings. The first-order valence-corrected chi connectivity index (χ1v) is 2.43. The quantitative estimate of drug-likeness (QED) is 0.430. The molecule has 7 heavy (non-hydrogen) atoms. The van der Waals surface area contributed by atoms with E-state index in [1.165, 1.54) is 13.8 Å². The molecule has 0 amide bonds. The molecule has 0 rings (SSSR count). The number of carbonyl (C=O) groups is 1. The van der Waals surface area contributed by atoms with Gasteiger partial charge in [0.2, 0.25) is 0 Å². The molecule has 0 bridgehead atoms. The van der Waals surface area contributed by atoms with Gasteiger partial charge in [0.25, 0.3) is 0 Å². The predicted molar refractivity (Wildman–Crippen MR) is 29.6 cm³/mol. The molecule has 0 heterocycles. The monoisotopic (exact) mass is 207 g/mol. The van der Waals surface area contributed by atoms with E-state index in [-0.39, 0.29) is 25.3 Å². The normalized spacial score (nSPS) is 4.57. The van der Waals surface area contributed by atoms with Crippen LogP contribution < -0.4 is 0 Å². The van der Waals surface area contributed by atoms with Crippen LogP contribution in [-0.4, -0.2) is 12.0 Å². The van der Waals surface area contributed by atoms with Crippen molar-refractivity contribution >= 4 is 18.4 Å². The van der Waals surface area contributed by atoms with Crippen molar-refractivity contribution in [2.45, 2.75) is 13.8 Å². The average Bonchev–Trinajstić information content (AvgIpc) is 1.41. The molecule has 0 atom stereocenters. The van der Waals surface area contributed by atoms with Crippen LogP contribution in [0.5, 0.6) is 0 Å². The standard InChI is InChI=1S/C3H6O.CH4S.Ru/c1-3(2)4;1-2;/h1-2H3;2H,1H3;/q;;+1/p-1. The minimum Gasteiger partial charge on any atom is -0.796 e. The molecule has 0 saturated carbocycles. The predicted octanol–water partition coefficient (Wildman–Crippen LogP) is 0.756. The van der Waals surface area contributed by atoms with Crippen molar-refractivity contribution in [3.8, 4) is 0 Å². The molecule has 3 heteroatoms. The third-order valence-electron chi connectivity index (χ3n) is 0. The van der Waals surface area contributed by atoms with Crippen LogP contribution in [0.1, 0.15) is 13.8 Å². The Balaban J connectivity index is -0.0000000480. The number of hydrogen-bond donors (Lipinski definition) is 0. The van der Waals surface area contributed by atoms with Crippen LogP contribution in [0.15, 0.2) is 0 Å². The third-order valence-corrected chi connectivity index (χ3v) is 0. The Labute approximate surface area is 63.0 Å². The second kappa shape index (κ2) is 15.9. The summed E-state index contributed by atoms with van der Waals surface area (Å²) in [6.07, 6.45) is 1.58. The molecule has 1 nitrogen and oxygen atoms in total. The first-order chi connectivity index (χ1) is 2.73. The van der Waals surface area contributed by atoms with Crippen molar-refractivity contribution in [3.63, 3.8) is 0 Å². The van der Waals surface area contributed by atoms with Crippen LogP contribution in [0.2, 0.25) is 0 Å². The van der Waals surface area contributed by atoms with Gasteiger partial charge in [0.1, 0.15) is 5.78 Å². The Morgan fingerprint density at radius 1 is 1.29 bits per heavy atom. The molecule has 1 radical (unpaired) electrons. The van der Waals surface area contributed by atoms with Crippen molar-refractivity contribution in [1.82, 2.24) is 0 Å². The summed E-state index contributed by atoms with van der Waals surface area (Å²) in [6.45, 7) is 3.06. The average molecular weight is 206 g/mol. The minimum absolute atomic E-state index is 0. The topological polar surface area (TPSA) is 17.1 Å². The molecule has 0 aliphatic carbocycles. The van der Waals surface area contributed by atoms with Crippen LogP contribution in [0.3, 0.4) is 0 Å². The van der Waals surface area contributed by atoms with Crippen molar-refractivity contribution < 1.29 is 24.3 Å². The summed E-state index contributed by atoms with van der Waals surface area (Å²) in [6, 6.07) is 0. The van der Waals surface area contributed by atoms with Gasteiger partial charge < -0.3 is 17.4 Å². The minimum atomic E-state index is 0. The van der Waals surface area contributed by atoms with Gasteiger partial charge in [-0.1, -0.05) is 0 Å². The summed E-state index contributed by atoms with van der Waals surface area (Å²) in [5, 5.41) is 0. The smallest absolute Gasteiger partial charge is 0.796 e. The van der Waals surface area contributed by atoms with E-state index in [4.69, 9.17) is 0 Å². The molecular weight excluding hydrogens is 197 g/mol. The summed E-state index contributed by atoms with van der Waals surface area (Å²) in [4.78, 5) is 9.44. The summed E-state index contributed by atoms with van der Waals surface area (Å²) < 4.78 is 0. The maximum atomic E-state index is 9.44. The van der Waals surface area contributed by atoms with Gasteiger partial charge in [0.05, 0.1) is 0 Å². The summed E-state index contributed by atoms with van der Waals surface area (Å²) >= 11 is 4.08. The molecule has 0 aromatic heterocycles. The van der Waals surface area contributed by atoms with Gasteiger partial charge in [0, 0.05) is 0 Å². The van der Waals surface area contributed by atoms with Crippen molar-refractivity contribution in [2.24, 2.45) is 0 Å². The largest absolute Gasteiger partial charge is 1.00 e. The van der Waals surface area contributed by atoms with Crippen molar-refractivity contribution in [2.75, 3.05) is 6.26 Å². The van der Waals surface area contributed by atoms with Gasteiger partial charge in [0.15, 0.2) is 0 Å². The Bertz CT molecular complexity index is 34.7. The number of ketones is 1. The van der Waals surface area contributed by atoms with Gasteiger partial charge in [-0.3, -0.25) is 0 Å². The van der Waals surface area contributed by atoms with E-state index in [1.807, 2.05) is 0 Å². The van der Waals surface area contributed by atoms with Gasteiger partial charge in [-0.15, -0.1) is 0 Å². The van der Waals surface area contributed by atoms with E-state index in [2.05, 4.69) is 12.6 Å². The SMILES string of the molecule is CC(C)=O.C[S-].[Ru+]. The maximum Gasteiger partial charge on any atom is 1.00 e. The molecule has 0 aromatic carbocycles. The zero-order valence-electron chi connectivity index (χ0n) is 4.67.